The number of benzene rings is 1. The molecule has 0 amide bonds. The Labute approximate surface area is 118 Å². The fourth-order valence-electron chi connectivity index (χ4n) is 2.88. The lowest BCUT2D eigenvalue weighted by Crippen LogP contribution is -2.22. The highest BCUT2D eigenvalue weighted by molar-refractivity contribution is 7.07. The summed E-state index contributed by atoms with van der Waals surface area (Å²) in [7, 11) is 0. The topological polar surface area (TPSA) is 17.1 Å². The van der Waals surface area contributed by atoms with E-state index in [4.69, 9.17) is 0 Å². The summed E-state index contributed by atoms with van der Waals surface area (Å²) in [6.07, 6.45) is 4.63. The molecule has 1 aromatic carbocycles. The van der Waals surface area contributed by atoms with Crippen molar-refractivity contribution in [2.24, 2.45) is 5.92 Å². The number of hydrogen-bond donors (Lipinski definition) is 0. The van der Waals surface area contributed by atoms with E-state index in [1.165, 1.54) is 16.7 Å². The van der Waals surface area contributed by atoms with E-state index in [-0.39, 0.29) is 5.92 Å². The highest BCUT2D eigenvalue weighted by Crippen LogP contribution is 2.27. The van der Waals surface area contributed by atoms with Gasteiger partial charge in [-0.15, -0.1) is 0 Å². The zero-order chi connectivity index (χ0) is 13.1. The largest absolute Gasteiger partial charge is 0.299 e. The van der Waals surface area contributed by atoms with Gasteiger partial charge < -0.3 is 0 Å². The van der Waals surface area contributed by atoms with Crippen molar-refractivity contribution in [1.29, 1.82) is 0 Å². The lowest BCUT2D eigenvalue weighted by atomic mass is 9.80. The van der Waals surface area contributed by atoms with E-state index in [0.717, 1.165) is 25.7 Å². The first-order valence-electron chi connectivity index (χ1n) is 6.93. The number of rotatable bonds is 4. The third-order valence-electron chi connectivity index (χ3n) is 4.04. The third kappa shape index (κ3) is 2.95. The van der Waals surface area contributed by atoms with Crippen LogP contribution in [0.15, 0.2) is 41.1 Å². The van der Waals surface area contributed by atoms with Gasteiger partial charge in [-0.25, -0.2) is 0 Å². The van der Waals surface area contributed by atoms with Gasteiger partial charge in [-0.3, -0.25) is 4.79 Å². The number of thiophene rings is 1. The molecule has 1 unspecified atom stereocenters. The second-order valence-electron chi connectivity index (χ2n) is 5.31. The number of Topliss-reactive ketones (excluding diaryl/α,β-unsaturated/α-hetero) is 1. The maximum absolute atomic E-state index is 12.3. The molecule has 2 heteroatoms. The fraction of sp³-hybridized carbons (Fsp3) is 0.353. The van der Waals surface area contributed by atoms with Gasteiger partial charge in [0.05, 0.1) is 0 Å². The summed E-state index contributed by atoms with van der Waals surface area (Å²) in [5.41, 5.74) is 4.11. The summed E-state index contributed by atoms with van der Waals surface area (Å²) in [6.45, 7) is 0. The predicted molar refractivity (Wildman–Crippen MR) is 79.6 cm³/mol. The van der Waals surface area contributed by atoms with Crippen LogP contribution in [-0.4, -0.2) is 5.78 Å². The van der Waals surface area contributed by atoms with E-state index in [2.05, 4.69) is 41.1 Å². The van der Waals surface area contributed by atoms with Gasteiger partial charge in [0.25, 0.3) is 0 Å². The molecule has 1 nitrogen and oxygen atoms in total. The smallest absolute Gasteiger partial charge is 0.136 e. The van der Waals surface area contributed by atoms with Crippen LogP contribution in [0.1, 0.15) is 29.5 Å². The molecule has 0 radical (unpaired) electrons. The Morgan fingerprint density at radius 3 is 2.84 bits per heavy atom. The van der Waals surface area contributed by atoms with Gasteiger partial charge in [0, 0.05) is 12.3 Å². The van der Waals surface area contributed by atoms with E-state index >= 15 is 0 Å². The molecule has 3 rings (SSSR count). The lowest BCUT2D eigenvalue weighted by molar-refractivity contribution is -0.123. The average Bonchev–Trinajstić information content (AvgIpc) is 2.97. The Morgan fingerprint density at radius 1 is 1.21 bits per heavy atom. The van der Waals surface area contributed by atoms with E-state index < -0.39 is 0 Å². The molecule has 1 atom stereocenters. The zero-order valence-electron chi connectivity index (χ0n) is 11.0. The minimum atomic E-state index is 0.244. The van der Waals surface area contributed by atoms with Gasteiger partial charge in [0.2, 0.25) is 0 Å². The molecule has 0 aliphatic heterocycles. The summed E-state index contributed by atoms with van der Waals surface area (Å²) in [6, 6.07) is 10.7. The maximum atomic E-state index is 12.3. The zero-order valence-corrected chi connectivity index (χ0v) is 11.8. The Hall–Kier alpha value is -1.41. The van der Waals surface area contributed by atoms with Crippen molar-refractivity contribution in [3.63, 3.8) is 0 Å². The van der Waals surface area contributed by atoms with Crippen molar-refractivity contribution >= 4 is 17.1 Å². The standard InChI is InChI=1S/C17H18OS/c18-17(8-5-13-9-10-19-12-13)16-7-6-14-3-1-2-4-15(14)11-16/h1-4,9-10,12,16H,5-8,11H2. The van der Waals surface area contributed by atoms with E-state index in [1.807, 2.05) is 0 Å². The fourth-order valence-corrected chi connectivity index (χ4v) is 3.58. The average molecular weight is 270 g/mol. The number of fused-ring (bicyclic) bond motifs is 1. The summed E-state index contributed by atoms with van der Waals surface area (Å²) in [4.78, 5) is 12.3. The molecule has 19 heavy (non-hydrogen) atoms. The predicted octanol–water partition coefficient (Wildman–Crippen LogP) is 4.05. The second-order valence-corrected chi connectivity index (χ2v) is 6.09. The van der Waals surface area contributed by atoms with Crippen molar-refractivity contribution in [2.75, 3.05) is 0 Å². The molecule has 0 N–H and O–H groups in total. The van der Waals surface area contributed by atoms with Crippen LogP contribution in [0.25, 0.3) is 0 Å². The molecule has 1 heterocycles. The molecule has 98 valence electrons. The SMILES string of the molecule is O=C(CCc1ccsc1)C1CCc2ccccc2C1. The van der Waals surface area contributed by atoms with Gasteiger partial charge in [-0.1, -0.05) is 24.3 Å². The Kier molecular flexibility index (Phi) is 3.79. The molecule has 0 fully saturated rings. The Morgan fingerprint density at radius 2 is 2.05 bits per heavy atom. The van der Waals surface area contributed by atoms with E-state index in [9.17, 15) is 4.79 Å². The first-order chi connectivity index (χ1) is 9.33. The van der Waals surface area contributed by atoms with Crippen molar-refractivity contribution in [1.82, 2.24) is 0 Å². The van der Waals surface area contributed by atoms with Crippen molar-refractivity contribution in [3.8, 4) is 0 Å². The Bertz CT molecular complexity index is 556. The number of hydrogen-bond acceptors (Lipinski definition) is 2. The van der Waals surface area contributed by atoms with Crippen LogP contribution in [0.5, 0.6) is 0 Å². The third-order valence-corrected chi connectivity index (χ3v) is 4.77. The van der Waals surface area contributed by atoms with Crippen molar-refractivity contribution < 1.29 is 4.79 Å². The molecular formula is C17H18OS. The number of aryl methyl sites for hydroxylation is 2. The number of carbonyl (C=O) groups excluding carboxylic acids is 1. The van der Waals surface area contributed by atoms with Gasteiger partial charge in [-0.2, -0.15) is 11.3 Å². The van der Waals surface area contributed by atoms with Gasteiger partial charge in [-0.05, 0) is 59.2 Å². The van der Waals surface area contributed by atoms with Crippen LogP contribution in [-0.2, 0) is 24.1 Å². The normalized spacial score (nSPS) is 18.0. The quantitative estimate of drug-likeness (QED) is 0.819. The van der Waals surface area contributed by atoms with Crippen LogP contribution in [0.2, 0.25) is 0 Å². The first-order valence-corrected chi connectivity index (χ1v) is 7.88. The molecule has 1 aliphatic carbocycles. The van der Waals surface area contributed by atoms with Gasteiger partial charge >= 0.3 is 0 Å². The molecule has 1 aromatic heterocycles. The number of carbonyl (C=O) groups is 1. The second kappa shape index (κ2) is 5.70. The number of ketones is 1. The van der Waals surface area contributed by atoms with Gasteiger partial charge in [0.15, 0.2) is 0 Å². The van der Waals surface area contributed by atoms with Crippen LogP contribution >= 0.6 is 11.3 Å². The van der Waals surface area contributed by atoms with Crippen LogP contribution in [0.4, 0.5) is 0 Å². The first kappa shape index (κ1) is 12.6. The monoisotopic (exact) mass is 270 g/mol. The van der Waals surface area contributed by atoms with E-state index in [0.29, 0.717) is 12.2 Å². The van der Waals surface area contributed by atoms with Crippen LogP contribution < -0.4 is 0 Å². The highest BCUT2D eigenvalue weighted by atomic mass is 32.1. The molecule has 0 spiro atoms. The highest BCUT2D eigenvalue weighted by Gasteiger charge is 2.23. The lowest BCUT2D eigenvalue weighted by Gasteiger charge is -2.23. The molecule has 0 bridgehead atoms. The summed E-state index contributed by atoms with van der Waals surface area (Å²) in [5, 5.41) is 4.22. The minimum Gasteiger partial charge on any atom is -0.299 e. The van der Waals surface area contributed by atoms with Crippen molar-refractivity contribution in [2.45, 2.75) is 32.1 Å². The molecule has 0 saturated heterocycles. The molecule has 0 saturated carbocycles. The summed E-state index contributed by atoms with van der Waals surface area (Å²) in [5.74, 6) is 0.689. The summed E-state index contributed by atoms with van der Waals surface area (Å²) >= 11 is 1.71. The minimum absolute atomic E-state index is 0.244. The maximum Gasteiger partial charge on any atom is 0.136 e. The summed E-state index contributed by atoms with van der Waals surface area (Å²) < 4.78 is 0. The molecular weight excluding hydrogens is 252 g/mol. The van der Waals surface area contributed by atoms with Crippen LogP contribution in [0.3, 0.4) is 0 Å². The van der Waals surface area contributed by atoms with Crippen molar-refractivity contribution in [3.05, 3.63) is 57.8 Å². The van der Waals surface area contributed by atoms with E-state index in [1.54, 1.807) is 11.3 Å². The van der Waals surface area contributed by atoms with Gasteiger partial charge in [0.1, 0.15) is 5.78 Å². The molecule has 1 aliphatic rings. The van der Waals surface area contributed by atoms with Crippen LogP contribution in [0, 0.1) is 5.92 Å². The molecule has 2 aromatic rings. The Balaban J connectivity index is 1.60.